The summed E-state index contributed by atoms with van der Waals surface area (Å²) in [4.78, 5) is 24.7. The molecule has 2 unspecified atom stereocenters. The van der Waals surface area contributed by atoms with E-state index in [0.29, 0.717) is 25.3 Å². The molecular formula is C13H21NO3. The predicted molar refractivity (Wildman–Crippen MR) is 63.5 cm³/mol. The largest absolute Gasteiger partial charge is 0.480 e. The fraction of sp³-hybridized carbons (Fsp3) is 0.846. The number of carbonyl (C=O) groups is 2. The Morgan fingerprint density at radius 2 is 2.06 bits per heavy atom. The third-order valence-electron chi connectivity index (χ3n) is 4.12. The molecule has 1 saturated carbocycles. The number of hydrogen-bond donors (Lipinski definition) is 1. The highest BCUT2D eigenvalue weighted by Gasteiger charge is 2.35. The Morgan fingerprint density at radius 1 is 1.29 bits per heavy atom. The van der Waals surface area contributed by atoms with Crippen LogP contribution in [0.4, 0.5) is 0 Å². The molecule has 2 rings (SSSR count). The Morgan fingerprint density at radius 3 is 2.65 bits per heavy atom. The van der Waals surface area contributed by atoms with Gasteiger partial charge in [0.05, 0.1) is 0 Å². The first kappa shape index (κ1) is 12.4. The number of aliphatic carboxylic acids is 1. The van der Waals surface area contributed by atoms with Gasteiger partial charge in [0.1, 0.15) is 6.04 Å². The molecule has 1 saturated heterocycles. The Labute approximate surface area is 102 Å². The number of carboxylic acid groups (broad SMARTS) is 1. The van der Waals surface area contributed by atoms with Crippen molar-refractivity contribution in [3.05, 3.63) is 0 Å². The minimum Gasteiger partial charge on any atom is -0.480 e. The van der Waals surface area contributed by atoms with E-state index in [-0.39, 0.29) is 5.91 Å². The fourth-order valence-electron chi connectivity index (χ4n) is 3.20. The highest BCUT2D eigenvalue weighted by atomic mass is 16.4. The second kappa shape index (κ2) is 5.07. The molecule has 0 radical (unpaired) electrons. The summed E-state index contributed by atoms with van der Waals surface area (Å²) in [6.45, 7) is 2.85. The molecule has 1 aliphatic heterocycles. The lowest BCUT2D eigenvalue weighted by molar-refractivity contribution is -0.148. The molecule has 0 aromatic heterocycles. The van der Waals surface area contributed by atoms with Crippen LogP contribution in [-0.2, 0) is 9.59 Å². The van der Waals surface area contributed by atoms with E-state index in [1.165, 1.54) is 6.42 Å². The SMILES string of the molecule is CC1CCC(CC(=O)N2CCC[C@H]2C(=O)O)C1. The summed E-state index contributed by atoms with van der Waals surface area (Å²) in [6.07, 6.45) is 5.44. The standard InChI is InChI=1S/C13H21NO3/c1-9-4-5-10(7-9)8-12(15)14-6-2-3-11(14)13(16)17/h9-11H,2-8H2,1H3,(H,16,17)/t9?,10?,11-/m0/s1. The summed E-state index contributed by atoms with van der Waals surface area (Å²) in [6, 6.07) is -0.568. The van der Waals surface area contributed by atoms with Crippen LogP contribution in [0, 0.1) is 11.8 Å². The van der Waals surface area contributed by atoms with Crippen LogP contribution in [0.2, 0.25) is 0 Å². The maximum Gasteiger partial charge on any atom is 0.326 e. The molecule has 1 amide bonds. The third kappa shape index (κ3) is 2.79. The highest BCUT2D eigenvalue weighted by Crippen LogP contribution is 2.33. The van der Waals surface area contributed by atoms with Gasteiger partial charge < -0.3 is 10.0 Å². The molecule has 0 bridgehead atoms. The zero-order valence-electron chi connectivity index (χ0n) is 10.4. The van der Waals surface area contributed by atoms with Crippen molar-refractivity contribution in [2.45, 2.75) is 51.5 Å². The molecule has 1 N–H and O–H groups in total. The van der Waals surface area contributed by atoms with E-state index in [9.17, 15) is 9.59 Å². The van der Waals surface area contributed by atoms with Crippen molar-refractivity contribution in [2.75, 3.05) is 6.54 Å². The van der Waals surface area contributed by atoms with E-state index in [2.05, 4.69) is 6.92 Å². The second-order valence-corrected chi connectivity index (χ2v) is 5.57. The van der Waals surface area contributed by atoms with Crippen LogP contribution in [0.3, 0.4) is 0 Å². The smallest absolute Gasteiger partial charge is 0.326 e. The van der Waals surface area contributed by atoms with Crippen molar-refractivity contribution < 1.29 is 14.7 Å². The van der Waals surface area contributed by atoms with Crippen LogP contribution in [-0.4, -0.2) is 34.5 Å². The van der Waals surface area contributed by atoms with E-state index >= 15 is 0 Å². The highest BCUT2D eigenvalue weighted by molar-refractivity contribution is 5.84. The number of carbonyl (C=O) groups excluding carboxylic acids is 1. The molecule has 0 spiro atoms. The molecule has 1 heterocycles. The summed E-state index contributed by atoms with van der Waals surface area (Å²) in [5.41, 5.74) is 0. The number of nitrogens with zero attached hydrogens (tertiary/aromatic N) is 1. The third-order valence-corrected chi connectivity index (χ3v) is 4.12. The molecule has 0 aromatic rings. The van der Waals surface area contributed by atoms with Crippen LogP contribution in [0.15, 0.2) is 0 Å². The molecule has 4 heteroatoms. The molecule has 96 valence electrons. The number of amides is 1. The first-order valence-electron chi connectivity index (χ1n) is 6.60. The Kier molecular flexibility index (Phi) is 3.69. The van der Waals surface area contributed by atoms with Crippen molar-refractivity contribution in [1.82, 2.24) is 4.90 Å². The van der Waals surface area contributed by atoms with Gasteiger partial charge in [-0.25, -0.2) is 4.79 Å². The summed E-state index contributed by atoms with van der Waals surface area (Å²) in [7, 11) is 0. The molecule has 2 aliphatic rings. The number of likely N-dealkylation sites (tertiary alicyclic amines) is 1. The minimum atomic E-state index is -0.851. The van der Waals surface area contributed by atoms with Crippen molar-refractivity contribution in [3.8, 4) is 0 Å². The summed E-state index contributed by atoms with van der Waals surface area (Å²) >= 11 is 0. The molecule has 3 atom stereocenters. The van der Waals surface area contributed by atoms with Crippen LogP contribution < -0.4 is 0 Å². The van der Waals surface area contributed by atoms with Crippen molar-refractivity contribution in [2.24, 2.45) is 11.8 Å². The topological polar surface area (TPSA) is 57.6 Å². The van der Waals surface area contributed by atoms with Crippen molar-refractivity contribution in [3.63, 3.8) is 0 Å². The first-order valence-corrected chi connectivity index (χ1v) is 6.60. The minimum absolute atomic E-state index is 0.0500. The molecule has 1 aliphatic carbocycles. The molecular weight excluding hydrogens is 218 g/mol. The van der Waals surface area contributed by atoms with Gasteiger partial charge in [-0.15, -0.1) is 0 Å². The Balaban J connectivity index is 1.89. The molecule has 2 fully saturated rings. The van der Waals surface area contributed by atoms with Crippen LogP contribution in [0.25, 0.3) is 0 Å². The Bertz CT molecular complexity index is 316. The lowest BCUT2D eigenvalue weighted by Crippen LogP contribution is -2.40. The van der Waals surface area contributed by atoms with E-state index in [0.717, 1.165) is 25.2 Å². The lowest BCUT2D eigenvalue weighted by atomic mass is 10.0. The van der Waals surface area contributed by atoms with E-state index < -0.39 is 12.0 Å². The zero-order valence-corrected chi connectivity index (χ0v) is 10.4. The maximum absolute atomic E-state index is 12.1. The maximum atomic E-state index is 12.1. The van der Waals surface area contributed by atoms with E-state index in [1.54, 1.807) is 4.90 Å². The average molecular weight is 239 g/mol. The van der Waals surface area contributed by atoms with Gasteiger partial charge in [-0.2, -0.15) is 0 Å². The lowest BCUT2D eigenvalue weighted by Gasteiger charge is -2.23. The molecule has 17 heavy (non-hydrogen) atoms. The Hall–Kier alpha value is -1.06. The number of hydrogen-bond acceptors (Lipinski definition) is 2. The monoisotopic (exact) mass is 239 g/mol. The molecule has 0 aromatic carbocycles. The number of rotatable bonds is 3. The van der Waals surface area contributed by atoms with Gasteiger partial charge in [0.15, 0.2) is 0 Å². The van der Waals surface area contributed by atoms with Gasteiger partial charge in [0.2, 0.25) is 5.91 Å². The van der Waals surface area contributed by atoms with E-state index in [1.807, 2.05) is 0 Å². The van der Waals surface area contributed by atoms with Gasteiger partial charge >= 0.3 is 5.97 Å². The summed E-state index contributed by atoms with van der Waals surface area (Å²) < 4.78 is 0. The van der Waals surface area contributed by atoms with Crippen LogP contribution in [0.1, 0.15) is 45.4 Å². The van der Waals surface area contributed by atoms with Gasteiger partial charge in [-0.1, -0.05) is 13.3 Å². The second-order valence-electron chi connectivity index (χ2n) is 5.57. The van der Waals surface area contributed by atoms with Gasteiger partial charge in [-0.05, 0) is 37.5 Å². The predicted octanol–water partition coefficient (Wildman–Crippen LogP) is 1.89. The van der Waals surface area contributed by atoms with Crippen molar-refractivity contribution in [1.29, 1.82) is 0 Å². The van der Waals surface area contributed by atoms with E-state index in [4.69, 9.17) is 5.11 Å². The summed E-state index contributed by atoms with van der Waals surface area (Å²) in [5.74, 6) is 0.402. The zero-order chi connectivity index (χ0) is 12.4. The first-order chi connectivity index (χ1) is 8.08. The molecule has 4 nitrogen and oxygen atoms in total. The average Bonchev–Trinajstić information content (AvgIpc) is 2.86. The van der Waals surface area contributed by atoms with Crippen LogP contribution in [0.5, 0.6) is 0 Å². The summed E-state index contributed by atoms with van der Waals surface area (Å²) in [5, 5.41) is 9.04. The fourth-order valence-corrected chi connectivity index (χ4v) is 3.20. The van der Waals surface area contributed by atoms with Gasteiger partial charge in [-0.3, -0.25) is 4.79 Å². The van der Waals surface area contributed by atoms with Crippen molar-refractivity contribution >= 4 is 11.9 Å². The van der Waals surface area contributed by atoms with Crippen LogP contribution >= 0.6 is 0 Å². The number of carboxylic acids is 1. The normalized spacial score (nSPS) is 33.0. The van der Waals surface area contributed by atoms with Gasteiger partial charge in [0.25, 0.3) is 0 Å². The van der Waals surface area contributed by atoms with Gasteiger partial charge in [0, 0.05) is 13.0 Å². The quantitative estimate of drug-likeness (QED) is 0.818.